The third kappa shape index (κ3) is 25.7. The van der Waals surface area contributed by atoms with Crippen molar-refractivity contribution in [3.8, 4) is 0 Å². The van der Waals surface area contributed by atoms with Crippen molar-refractivity contribution in [2.45, 2.75) is 206 Å². The first-order chi connectivity index (χ1) is 24.3. The van der Waals surface area contributed by atoms with Gasteiger partial charge in [-0.3, -0.25) is 0 Å². The summed E-state index contributed by atoms with van der Waals surface area (Å²) in [5.74, 6) is 0. The van der Waals surface area contributed by atoms with E-state index in [1.807, 2.05) is 48.5 Å². The van der Waals surface area contributed by atoms with E-state index in [9.17, 15) is 28.7 Å². The third-order valence-corrected chi connectivity index (χ3v) is 12.9. The van der Waals surface area contributed by atoms with E-state index in [1.54, 1.807) is 0 Å². The van der Waals surface area contributed by atoms with Crippen LogP contribution in [0.3, 0.4) is 0 Å². The van der Waals surface area contributed by atoms with Crippen LogP contribution >= 0.6 is 15.2 Å². The summed E-state index contributed by atoms with van der Waals surface area (Å²) in [4.78, 5) is 47.0. The maximum atomic E-state index is 11.8. The normalized spacial score (nSPS) is 13.3. The van der Waals surface area contributed by atoms with Crippen molar-refractivity contribution < 1.29 is 28.7 Å². The Balaban J connectivity index is 0. The number of hydrogen-bond donors (Lipinski definition) is 0. The minimum atomic E-state index is -4.63. The molecule has 0 heterocycles. The Kier molecular flexibility index (Phi) is 32.2. The van der Waals surface area contributed by atoms with Crippen LogP contribution in [0.2, 0.25) is 0 Å². The molecule has 0 bridgehead atoms. The molecule has 2 aromatic carbocycles. The first-order valence-corrected chi connectivity index (χ1v) is 23.8. The minimum Gasteiger partial charge on any atom is -0.810 e. The van der Waals surface area contributed by atoms with Gasteiger partial charge in [0, 0.05) is 11.3 Å². The Morgan fingerprint density at radius 2 is 0.648 bits per heavy atom. The van der Waals surface area contributed by atoms with Gasteiger partial charge in [0.2, 0.25) is 0 Å². The van der Waals surface area contributed by atoms with Crippen molar-refractivity contribution in [3.05, 3.63) is 70.8 Å². The van der Waals surface area contributed by atoms with Crippen LogP contribution < -0.4 is 19.6 Å². The number of benzene rings is 2. The summed E-state index contributed by atoms with van der Waals surface area (Å²) in [6, 6.07) is 15.1. The molecule has 0 spiro atoms. The fourth-order valence-corrected chi connectivity index (χ4v) is 8.79. The van der Waals surface area contributed by atoms with Crippen LogP contribution in [0.25, 0.3) is 0 Å². The fraction of sp³-hybridized carbons (Fsp3) is 0.727. The van der Waals surface area contributed by atoms with Crippen molar-refractivity contribution in [2.75, 3.05) is 0 Å². The molecule has 10 heteroatoms. The molecule has 6 nitrogen and oxygen atoms in total. The molecule has 0 radical (unpaired) electrons. The summed E-state index contributed by atoms with van der Waals surface area (Å²) in [5.41, 5.74) is 1.84. The van der Waals surface area contributed by atoms with E-state index in [1.165, 1.54) is 77.0 Å². The van der Waals surface area contributed by atoms with Crippen LogP contribution in [0.4, 0.5) is 0 Å². The summed E-state index contributed by atoms with van der Waals surface area (Å²) < 4.78 is 23.5. The van der Waals surface area contributed by atoms with Gasteiger partial charge >= 0.3 is 75.5 Å². The standard InChI is InChI=1S/2C22H39O3P.2Ca/c2*1-5-6-7-8-9-10-11-12-13-14-21(26(23,24)25)19-15-17-20(18-16-19)22(2,3)4;;/h2*15-18,21H,5-14H2,1-4H3,(H2,23,24,25);;/q;;2*+2/p-4. The number of rotatable bonds is 24. The molecule has 2 aromatic rings. The van der Waals surface area contributed by atoms with Crippen molar-refractivity contribution >= 4 is 90.7 Å². The Morgan fingerprint density at radius 1 is 0.426 bits per heavy atom. The second-order valence-corrected chi connectivity index (χ2v) is 20.5. The van der Waals surface area contributed by atoms with Crippen molar-refractivity contribution in [1.29, 1.82) is 0 Å². The molecule has 2 rings (SSSR count). The molecule has 300 valence electrons. The summed E-state index contributed by atoms with van der Waals surface area (Å²) in [5, 5.41) is 0. The molecule has 2 atom stereocenters. The Bertz CT molecular complexity index is 1190. The van der Waals surface area contributed by atoms with Crippen LogP contribution in [0.1, 0.15) is 217 Å². The molecule has 0 aliphatic carbocycles. The molecule has 0 aliphatic heterocycles. The smallest absolute Gasteiger partial charge is 0.810 e. The van der Waals surface area contributed by atoms with Gasteiger partial charge in [0.05, 0.1) is 0 Å². The monoisotopic (exact) mass is 840 g/mol. The quantitative estimate of drug-likeness (QED) is 0.0588. The van der Waals surface area contributed by atoms with Crippen LogP contribution in [0.5, 0.6) is 0 Å². The molecule has 0 aliphatic rings. The van der Waals surface area contributed by atoms with Gasteiger partial charge in [0.25, 0.3) is 0 Å². The number of hydrogen-bond acceptors (Lipinski definition) is 6. The van der Waals surface area contributed by atoms with E-state index < -0.39 is 26.5 Å². The molecule has 0 saturated heterocycles. The topological polar surface area (TPSA) is 126 Å². The zero-order valence-corrected chi connectivity index (χ0v) is 41.9. The van der Waals surface area contributed by atoms with E-state index in [0.29, 0.717) is 24.0 Å². The first kappa shape index (κ1) is 57.4. The maximum absolute atomic E-state index is 11.8. The molecular formula is C44H74Ca2O6P2. The molecule has 0 amide bonds. The van der Waals surface area contributed by atoms with Gasteiger partial charge in [-0.25, -0.2) is 0 Å². The van der Waals surface area contributed by atoms with E-state index in [4.69, 9.17) is 0 Å². The van der Waals surface area contributed by atoms with E-state index >= 15 is 0 Å². The fourth-order valence-electron chi connectivity index (χ4n) is 6.72. The van der Waals surface area contributed by atoms with Gasteiger partial charge in [-0.15, -0.1) is 0 Å². The molecule has 0 fully saturated rings. The van der Waals surface area contributed by atoms with Gasteiger partial charge in [-0.05, 0) is 45.9 Å². The number of unbranched alkanes of at least 4 members (excludes halogenated alkanes) is 16. The second-order valence-electron chi connectivity index (χ2n) is 17.1. The van der Waals surface area contributed by atoms with Crippen molar-refractivity contribution in [3.63, 3.8) is 0 Å². The summed E-state index contributed by atoms with van der Waals surface area (Å²) in [6.45, 7) is 17.2. The molecule has 0 N–H and O–H groups in total. The predicted molar refractivity (Wildman–Crippen MR) is 226 cm³/mol. The molecular weight excluding hydrogens is 767 g/mol. The molecule has 0 saturated carbocycles. The van der Waals surface area contributed by atoms with E-state index in [2.05, 4.69) is 55.4 Å². The SMILES string of the molecule is CCCCCCCCCCCC(c1ccc(C(C)(C)C)cc1)P(=O)([O-])[O-].CCCCCCCCCCCC(c1ccc(C(C)(C)C)cc1)P(=O)([O-])[O-].[Ca+2].[Ca+2]. The Labute approximate surface area is 392 Å². The van der Waals surface area contributed by atoms with E-state index in [-0.39, 0.29) is 86.3 Å². The first-order valence-electron chi connectivity index (χ1n) is 20.6. The van der Waals surface area contributed by atoms with Crippen LogP contribution in [-0.2, 0) is 20.0 Å². The van der Waals surface area contributed by atoms with E-state index in [0.717, 1.165) is 49.7 Å². The Hall–Kier alpha value is 1.26. The van der Waals surface area contributed by atoms with Crippen molar-refractivity contribution in [1.82, 2.24) is 0 Å². The largest absolute Gasteiger partial charge is 2.00 e. The zero-order valence-electron chi connectivity index (χ0n) is 35.7. The molecule has 0 aromatic heterocycles. The average Bonchev–Trinajstić information content (AvgIpc) is 3.05. The maximum Gasteiger partial charge on any atom is 2.00 e. The summed E-state index contributed by atoms with van der Waals surface area (Å²) in [7, 11) is -9.26. The van der Waals surface area contributed by atoms with Gasteiger partial charge in [0.15, 0.2) is 0 Å². The molecule has 2 unspecified atom stereocenters. The zero-order chi connectivity index (χ0) is 39.3. The minimum absolute atomic E-state index is 0. The predicted octanol–water partition coefficient (Wildman–Crippen LogP) is 11.0. The second kappa shape index (κ2) is 30.3. The van der Waals surface area contributed by atoms with Gasteiger partial charge in [-0.1, -0.05) is 235 Å². The Morgan fingerprint density at radius 3 is 0.852 bits per heavy atom. The molecule has 54 heavy (non-hydrogen) atoms. The average molecular weight is 841 g/mol. The van der Waals surface area contributed by atoms with Gasteiger partial charge in [0.1, 0.15) is 0 Å². The van der Waals surface area contributed by atoms with Crippen molar-refractivity contribution in [2.24, 2.45) is 0 Å². The summed E-state index contributed by atoms with van der Waals surface area (Å²) >= 11 is 0. The van der Waals surface area contributed by atoms with Crippen LogP contribution in [-0.4, -0.2) is 75.5 Å². The third-order valence-electron chi connectivity index (χ3n) is 10.2. The van der Waals surface area contributed by atoms with Crippen LogP contribution in [0, 0.1) is 0 Å². The van der Waals surface area contributed by atoms with Gasteiger partial charge in [-0.2, -0.15) is 0 Å². The summed E-state index contributed by atoms with van der Waals surface area (Å²) in [6.07, 6.45) is 22.1. The van der Waals surface area contributed by atoms with Crippen LogP contribution in [0.15, 0.2) is 48.5 Å². The van der Waals surface area contributed by atoms with Gasteiger partial charge < -0.3 is 28.7 Å².